The van der Waals surface area contributed by atoms with Crippen molar-refractivity contribution in [2.24, 2.45) is 0 Å². The molecule has 0 aliphatic rings. The lowest BCUT2D eigenvalue weighted by molar-refractivity contribution is -0.547. The van der Waals surface area contributed by atoms with E-state index in [1.54, 1.807) is 0 Å². The van der Waals surface area contributed by atoms with Gasteiger partial charge in [-0.25, -0.2) is 4.79 Å². The van der Waals surface area contributed by atoms with Crippen molar-refractivity contribution in [3.8, 4) is 0 Å². The lowest BCUT2D eigenvalue weighted by Gasteiger charge is -2.21. The molecule has 0 aliphatic carbocycles. The molecule has 9 nitrogen and oxygen atoms in total. The van der Waals surface area contributed by atoms with Crippen LogP contribution in [0.3, 0.4) is 0 Å². The lowest BCUT2D eigenvalue weighted by atomic mass is 10.1. The predicted octanol–water partition coefficient (Wildman–Crippen LogP) is 1.47. The maximum Gasteiger partial charge on any atom is 0.405 e. The molecule has 0 spiro atoms. The van der Waals surface area contributed by atoms with Crippen LogP contribution in [0.2, 0.25) is 0 Å². The van der Waals surface area contributed by atoms with E-state index in [9.17, 15) is 25.0 Å². The Hall–Kier alpha value is -2.71. The predicted molar refractivity (Wildman–Crippen MR) is 64.4 cm³/mol. The highest BCUT2D eigenvalue weighted by Gasteiger charge is 2.50. The van der Waals surface area contributed by atoms with Gasteiger partial charge in [0.05, 0.1) is 9.85 Å². The summed E-state index contributed by atoms with van der Waals surface area (Å²) in [5, 5.41) is 32.7. The fraction of sp³-hybridized carbons (Fsp3) is 0.300. The van der Waals surface area contributed by atoms with Crippen LogP contribution in [-0.4, -0.2) is 26.6 Å². The smallest absolute Gasteiger partial charge is 0.405 e. The molecule has 9 heteroatoms. The minimum atomic E-state index is -2.35. The van der Waals surface area contributed by atoms with Crippen molar-refractivity contribution in [3.05, 3.63) is 44.5 Å². The van der Waals surface area contributed by atoms with Crippen molar-refractivity contribution < 1.29 is 19.7 Å². The first kappa shape index (κ1) is 14.4. The zero-order chi connectivity index (χ0) is 14.6. The summed E-state index contributed by atoms with van der Waals surface area (Å²) in [6.07, 6.45) is -0.285. The Morgan fingerprint density at radius 2 is 1.84 bits per heavy atom. The van der Waals surface area contributed by atoms with Gasteiger partial charge in [-0.15, -0.1) is 0 Å². The van der Waals surface area contributed by atoms with Gasteiger partial charge in [-0.1, -0.05) is 6.92 Å². The highest BCUT2D eigenvalue weighted by Crippen LogP contribution is 2.22. The molecule has 0 bridgehead atoms. The van der Waals surface area contributed by atoms with Crippen LogP contribution in [0.5, 0.6) is 0 Å². The number of benzene rings is 1. The highest BCUT2D eigenvalue weighted by atomic mass is 16.6. The van der Waals surface area contributed by atoms with Crippen molar-refractivity contribution in [1.82, 2.24) is 0 Å². The van der Waals surface area contributed by atoms with E-state index in [2.05, 4.69) is 5.32 Å². The van der Waals surface area contributed by atoms with Gasteiger partial charge in [0.15, 0.2) is 0 Å². The molecule has 1 aromatic carbocycles. The molecular weight excluding hydrogens is 258 g/mol. The van der Waals surface area contributed by atoms with Crippen LogP contribution in [0.1, 0.15) is 13.3 Å². The number of carbonyl (C=O) groups is 1. The number of aliphatic carboxylic acids is 1. The third-order valence-corrected chi connectivity index (χ3v) is 2.61. The Morgan fingerprint density at radius 3 is 2.16 bits per heavy atom. The van der Waals surface area contributed by atoms with Gasteiger partial charge in [0.25, 0.3) is 5.69 Å². The SMILES string of the molecule is CCC(Nc1ccc([N+](=O)[O-])cc1)(C(=O)O)[N+](=O)[O-]. The first-order valence-corrected chi connectivity index (χ1v) is 5.24. The Labute approximate surface area is 107 Å². The molecule has 1 atom stereocenters. The lowest BCUT2D eigenvalue weighted by Crippen LogP contribution is -2.52. The molecule has 1 unspecified atom stereocenters. The summed E-state index contributed by atoms with van der Waals surface area (Å²) in [6, 6.07) is 4.69. The zero-order valence-electron chi connectivity index (χ0n) is 9.90. The number of nitrogens with zero attached hydrogens (tertiary/aromatic N) is 2. The van der Waals surface area contributed by atoms with E-state index in [1.165, 1.54) is 19.1 Å². The Balaban J connectivity index is 3.07. The standard InChI is InChI=1S/C10H11N3O6/c1-2-10(9(14)15,13(18)19)11-7-3-5-8(6-4-7)12(16)17/h3-6,11H,2H2,1H3,(H,14,15). The molecule has 0 fully saturated rings. The fourth-order valence-corrected chi connectivity index (χ4v) is 1.45. The molecule has 0 amide bonds. The van der Waals surface area contributed by atoms with Gasteiger partial charge in [-0.3, -0.25) is 20.2 Å². The Kier molecular flexibility index (Phi) is 4.00. The van der Waals surface area contributed by atoms with E-state index in [1.807, 2.05) is 0 Å². The van der Waals surface area contributed by atoms with Gasteiger partial charge in [0.2, 0.25) is 0 Å². The molecule has 2 N–H and O–H groups in total. The van der Waals surface area contributed by atoms with Crippen LogP contribution >= 0.6 is 0 Å². The number of carboxylic acid groups (broad SMARTS) is 1. The normalized spacial score (nSPS) is 13.3. The Morgan fingerprint density at radius 1 is 1.32 bits per heavy atom. The maximum atomic E-state index is 11.1. The van der Waals surface area contributed by atoms with Crippen molar-refractivity contribution in [3.63, 3.8) is 0 Å². The Bertz CT molecular complexity index is 499. The van der Waals surface area contributed by atoms with Gasteiger partial charge in [0.1, 0.15) is 0 Å². The number of rotatable bonds is 6. The van der Waals surface area contributed by atoms with E-state index in [4.69, 9.17) is 5.11 Å². The largest absolute Gasteiger partial charge is 0.474 e. The fourth-order valence-electron chi connectivity index (χ4n) is 1.45. The highest BCUT2D eigenvalue weighted by molar-refractivity contribution is 5.80. The summed E-state index contributed by atoms with van der Waals surface area (Å²) in [5.41, 5.74) is -2.42. The number of anilines is 1. The minimum Gasteiger partial charge on any atom is -0.474 e. The summed E-state index contributed by atoms with van der Waals surface area (Å²) in [5.74, 6) is -1.63. The molecule has 1 aromatic rings. The first-order valence-electron chi connectivity index (χ1n) is 5.24. The van der Waals surface area contributed by atoms with Crippen LogP contribution in [-0.2, 0) is 4.79 Å². The molecule has 102 valence electrons. The van der Waals surface area contributed by atoms with Crippen LogP contribution in [0.4, 0.5) is 11.4 Å². The third-order valence-electron chi connectivity index (χ3n) is 2.61. The minimum absolute atomic E-state index is 0.117. The van der Waals surface area contributed by atoms with Crippen molar-refractivity contribution in [2.45, 2.75) is 19.0 Å². The zero-order valence-corrected chi connectivity index (χ0v) is 9.90. The quantitative estimate of drug-likeness (QED) is 0.453. The maximum absolute atomic E-state index is 11.1. The number of carboxylic acids is 1. The summed E-state index contributed by atoms with van der Waals surface area (Å²) in [6.45, 7) is 1.36. The average molecular weight is 269 g/mol. The molecule has 0 radical (unpaired) electrons. The van der Waals surface area contributed by atoms with Crippen LogP contribution in [0, 0.1) is 20.2 Å². The second kappa shape index (κ2) is 5.29. The van der Waals surface area contributed by atoms with E-state index in [0.717, 1.165) is 12.1 Å². The number of nitro groups is 2. The average Bonchev–Trinajstić information content (AvgIpc) is 2.35. The molecule has 19 heavy (non-hydrogen) atoms. The van der Waals surface area contributed by atoms with Crippen molar-refractivity contribution in [1.29, 1.82) is 0 Å². The second-order valence-electron chi connectivity index (χ2n) is 3.71. The van der Waals surface area contributed by atoms with Crippen LogP contribution in [0.15, 0.2) is 24.3 Å². The molecule has 0 aromatic heterocycles. The molecule has 0 saturated carbocycles. The third kappa shape index (κ3) is 2.76. The van der Waals surface area contributed by atoms with Crippen LogP contribution in [0.25, 0.3) is 0 Å². The first-order chi connectivity index (χ1) is 8.83. The number of nitro benzene ring substituents is 1. The monoisotopic (exact) mass is 269 g/mol. The van der Waals surface area contributed by atoms with Gasteiger partial charge >= 0.3 is 11.6 Å². The van der Waals surface area contributed by atoms with E-state index in [-0.39, 0.29) is 17.8 Å². The molecule has 1 rings (SSSR count). The summed E-state index contributed by atoms with van der Waals surface area (Å²) >= 11 is 0. The van der Waals surface area contributed by atoms with Gasteiger partial charge in [-0.2, -0.15) is 0 Å². The van der Waals surface area contributed by atoms with Gasteiger partial charge in [-0.05, 0) is 12.1 Å². The second-order valence-corrected chi connectivity index (χ2v) is 3.71. The van der Waals surface area contributed by atoms with Gasteiger partial charge in [0, 0.05) is 24.2 Å². The summed E-state index contributed by atoms with van der Waals surface area (Å²) in [7, 11) is 0. The number of nitrogens with one attached hydrogen (secondary N) is 1. The van der Waals surface area contributed by atoms with E-state index in [0.29, 0.717) is 0 Å². The van der Waals surface area contributed by atoms with Gasteiger partial charge < -0.3 is 10.4 Å². The van der Waals surface area contributed by atoms with E-state index < -0.39 is 21.5 Å². The van der Waals surface area contributed by atoms with E-state index >= 15 is 0 Å². The topological polar surface area (TPSA) is 136 Å². The summed E-state index contributed by atoms with van der Waals surface area (Å²) < 4.78 is 0. The number of hydrogen-bond donors (Lipinski definition) is 2. The molecular formula is C10H11N3O6. The summed E-state index contributed by atoms with van der Waals surface area (Å²) in [4.78, 5) is 30.9. The molecule has 0 aliphatic heterocycles. The van der Waals surface area contributed by atoms with Crippen molar-refractivity contribution in [2.75, 3.05) is 5.32 Å². The van der Waals surface area contributed by atoms with Crippen molar-refractivity contribution >= 4 is 17.3 Å². The molecule has 0 saturated heterocycles. The molecule has 0 heterocycles. The number of hydrogen-bond acceptors (Lipinski definition) is 6. The van der Waals surface area contributed by atoms with Crippen LogP contribution < -0.4 is 5.32 Å². The number of non-ortho nitro benzene ring substituents is 1.